The lowest BCUT2D eigenvalue weighted by atomic mass is 9.93. The SMILES string of the molecule is OCC(Cc1ccccc1Cl)Cc1c(Cl)cccc1Cl. The van der Waals surface area contributed by atoms with Crippen LogP contribution in [0.2, 0.25) is 15.1 Å². The Labute approximate surface area is 134 Å². The lowest BCUT2D eigenvalue weighted by molar-refractivity contribution is 0.225. The van der Waals surface area contributed by atoms with Crippen molar-refractivity contribution in [2.24, 2.45) is 5.92 Å². The highest BCUT2D eigenvalue weighted by Crippen LogP contribution is 2.28. The zero-order chi connectivity index (χ0) is 14.5. The van der Waals surface area contributed by atoms with Gasteiger partial charge in [0.15, 0.2) is 0 Å². The highest BCUT2D eigenvalue weighted by atomic mass is 35.5. The van der Waals surface area contributed by atoms with Gasteiger partial charge in [-0.05, 0) is 48.1 Å². The average molecular weight is 330 g/mol. The number of aliphatic hydroxyl groups is 1. The smallest absolute Gasteiger partial charge is 0.0465 e. The van der Waals surface area contributed by atoms with E-state index in [1.54, 1.807) is 0 Å². The van der Waals surface area contributed by atoms with Gasteiger partial charge in [0.25, 0.3) is 0 Å². The Morgan fingerprint density at radius 1 is 0.800 bits per heavy atom. The monoisotopic (exact) mass is 328 g/mol. The molecule has 0 aliphatic carbocycles. The number of rotatable bonds is 5. The van der Waals surface area contributed by atoms with Gasteiger partial charge >= 0.3 is 0 Å². The van der Waals surface area contributed by atoms with Gasteiger partial charge < -0.3 is 5.11 Å². The highest BCUT2D eigenvalue weighted by Gasteiger charge is 2.15. The minimum Gasteiger partial charge on any atom is -0.396 e. The first kappa shape index (κ1) is 15.7. The molecule has 0 fully saturated rings. The Bertz CT molecular complexity index is 563. The molecule has 1 nitrogen and oxygen atoms in total. The van der Waals surface area contributed by atoms with E-state index in [0.29, 0.717) is 22.9 Å². The van der Waals surface area contributed by atoms with E-state index >= 15 is 0 Å². The van der Waals surface area contributed by atoms with E-state index in [1.165, 1.54) is 0 Å². The molecule has 0 bridgehead atoms. The quantitative estimate of drug-likeness (QED) is 0.814. The molecule has 1 atom stereocenters. The fourth-order valence-electron chi connectivity index (χ4n) is 2.19. The molecule has 20 heavy (non-hydrogen) atoms. The van der Waals surface area contributed by atoms with E-state index in [1.807, 2.05) is 42.5 Å². The summed E-state index contributed by atoms with van der Waals surface area (Å²) in [5, 5.41) is 11.6. The van der Waals surface area contributed by atoms with Gasteiger partial charge in [-0.15, -0.1) is 0 Å². The maximum Gasteiger partial charge on any atom is 0.0465 e. The van der Waals surface area contributed by atoms with Gasteiger partial charge in [-0.25, -0.2) is 0 Å². The van der Waals surface area contributed by atoms with E-state index in [-0.39, 0.29) is 12.5 Å². The first-order valence-corrected chi connectivity index (χ1v) is 7.52. The Morgan fingerprint density at radius 2 is 1.40 bits per heavy atom. The van der Waals surface area contributed by atoms with Crippen molar-refractivity contribution in [1.82, 2.24) is 0 Å². The average Bonchev–Trinajstić information content (AvgIpc) is 2.44. The van der Waals surface area contributed by atoms with E-state index in [2.05, 4.69) is 0 Å². The molecule has 2 aromatic rings. The first-order valence-electron chi connectivity index (χ1n) is 6.39. The maximum atomic E-state index is 9.59. The van der Waals surface area contributed by atoms with Crippen LogP contribution in [0.5, 0.6) is 0 Å². The van der Waals surface area contributed by atoms with E-state index in [4.69, 9.17) is 34.8 Å². The number of benzene rings is 2. The summed E-state index contributed by atoms with van der Waals surface area (Å²) in [5.41, 5.74) is 1.90. The summed E-state index contributed by atoms with van der Waals surface area (Å²) in [6, 6.07) is 13.1. The molecule has 0 spiro atoms. The topological polar surface area (TPSA) is 20.2 Å². The second-order valence-electron chi connectivity index (χ2n) is 4.75. The second-order valence-corrected chi connectivity index (χ2v) is 5.97. The number of aliphatic hydroxyl groups excluding tert-OH is 1. The molecule has 0 radical (unpaired) electrons. The van der Waals surface area contributed by atoms with Gasteiger partial charge in [0.05, 0.1) is 0 Å². The predicted octanol–water partition coefficient (Wildman–Crippen LogP) is 5.04. The summed E-state index contributed by atoms with van der Waals surface area (Å²) < 4.78 is 0. The summed E-state index contributed by atoms with van der Waals surface area (Å²) in [5.74, 6) is 0.0345. The molecule has 0 aliphatic heterocycles. The van der Waals surface area contributed by atoms with Crippen LogP contribution in [0.15, 0.2) is 42.5 Å². The lowest BCUT2D eigenvalue weighted by Crippen LogP contribution is -2.13. The zero-order valence-corrected chi connectivity index (χ0v) is 13.1. The van der Waals surface area contributed by atoms with Crippen LogP contribution < -0.4 is 0 Å². The number of hydrogen-bond donors (Lipinski definition) is 1. The third-order valence-electron chi connectivity index (χ3n) is 3.28. The maximum absolute atomic E-state index is 9.59. The third-order valence-corrected chi connectivity index (χ3v) is 4.36. The Morgan fingerprint density at radius 3 is 2.00 bits per heavy atom. The van der Waals surface area contributed by atoms with Crippen molar-refractivity contribution in [3.63, 3.8) is 0 Å². The molecule has 4 heteroatoms. The fourth-order valence-corrected chi connectivity index (χ4v) is 2.96. The molecule has 106 valence electrons. The summed E-state index contributed by atoms with van der Waals surface area (Å²) in [4.78, 5) is 0. The third kappa shape index (κ3) is 3.89. The minimum absolute atomic E-state index is 0.0345. The Kier molecular flexibility index (Phi) is 5.74. The molecule has 0 heterocycles. The summed E-state index contributed by atoms with van der Waals surface area (Å²) in [6.45, 7) is 0.0623. The fraction of sp³-hybridized carbons (Fsp3) is 0.250. The molecule has 0 saturated heterocycles. The van der Waals surface area contributed by atoms with Crippen LogP contribution in [-0.4, -0.2) is 11.7 Å². The van der Waals surface area contributed by atoms with Crippen molar-refractivity contribution < 1.29 is 5.11 Å². The Hall–Kier alpha value is -0.730. The summed E-state index contributed by atoms with van der Waals surface area (Å²) in [7, 11) is 0. The van der Waals surface area contributed by atoms with Crippen molar-refractivity contribution in [3.8, 4) is 0 Å². The van der Waals surface area contributed by atoms with Crippen LogP contribution in [0.4, 0.5) is 0 Å². The van der Waals surface area contributed by atoms with Crippen molar-refractivity contribution in [2.45, 2.75) is 12.8 Å². The number of hydrogen-bond acceptors (Lipinski definition) is 1. The van der Waals surface area contributed by atoms with Crippen LogP contribution >= 0.6 is 34.8 Å². The molecule has 0 aromatic heterocycles. The standard InChI is InChI=1S/C16H15Cl3O/c17-14-5-2-1-4-12(14)8-11(10-20)9-13-15(18)6-3-7-16(13)19/h1-7,11,20H,8-10H2. The van der Waals surface area contributed by atoms with Gasteiger partial charge in [0.1, 0.15) is 0 Å². The lowest BCUT2D eigenvalue weighted by Gasteiger charge is -2.17. The largest absolute Gasteiger partial charge is 0.396 e. The van der Waals surface area contributed by atoms with Crippen molar-refractivity contribution in [3.05, 3.63) is 68.7 Å². The van der Waals surface area contributed by atoms with Crippen LogP contribution in [0.25, 0.3) is 0 Å². The summed E-state index contributed by atoms with van der Waals surface area (Å²) >= 11 is 18.5. The van der Waals surface area contributed by atoms with Gasteiger partial charge in [-0.1, -0.05) is 59.1 Å². The zero-order valence-electron chi connectivity index (χ0n) is 10.8. The molecular formula is C16H15Cl3O. The van der Waals surface area contributed by atoms with Crippen molar-refractivity contribution in [2.75, 3.05) is 6.61 Å². The predicted molar refractivity (Wildman–Crippen MR) is 85.9 cm³/mol. The second kappa shape index (κ2) is 7.33. The van der Waals surface area contributed by atoms with E-state index < -0.39 is 0 Å². The highest BCUT2D eigenvalue weighted by molar-refractivity contribution is 6.36. The van der Waals surface area contributed by atoms with E-state index in [0.717, 1.165) is 16.1 Å². The van der Waals surface area contributed by atoms with Crippen LogP contribution in [0, 0.1) is 5.92 Å². The van der Waals surface area contributed by atoms with Gasteiger partial charge in [-0.2, -0.15) is 0 Å². The molecule has 0 amide bonds. The molecule has 0 saturated carbocycles. The van der Waals surface area contributed by atoms with Gasteiger partial charge in [-0.3, -0.25) is 0 Å². The van der Waals surface area contributed by atoms with Crippen LogP contribution in [0.1, 0.15) is 11.1 Å². The number of halogens is 3. The molecule has 0 aliphatic rings. The van der Waals surface area contributed by atoms with Crippen LogP contribution in [0.3, 0.4) is 0 Å². The first-order chi connectivity index (χ1) is 9.61. The van der Waals surface area contributed by atoms with Crippen LogP contribution in [-0.2, 0) is 12.8 Å². The molecule has 1 unspecified atom stereocenters. The molecule has 2 aromatic carbocycles. The van der Waals surface area contributed by atoms with Gasteiger partial charge in [0, 0.05) is 21.7 Å². The summed E-state index contributed by atoms with van der Waals surface area (Å²) in [6.07, 6.45) is 1.32. The van der Waals surface area contributed by atoms with E-state index in [9.17, 15) is 5.11 Å². The van der Waals surface area contributed by atoms with Crippen molar-refractivity contribution in [1.29, 1.82) is 0 Å². The normalized spacial score (nSPS) is 12.4. The molecule has 2 rings (SSSR count). The van der Waals surface area contributed by atoms with Crippen molar-refractivity contribution >= 4 is 34.8 Å². The van der Waals surface area contributed by atoms with Gasteiger partial charge in [0.2, 0.25) is 0 Å². The minimum atomic E-state index is 0.0345. The Balaban J connectivity index is 2.16. The molecule has 1 N–H and O–H groups in total. The molecular weight excluding hydrogens is 315 g/mol.